The summed E-state index contributed by atoms with van der Waals surface area (Å²) in [5.74, 6) is 0. The molecule has 0 N–H and O–H groups in total. The average Bonchev–Trinajstić information content (AvgIpc) is 2.86. The number of hydrogen-bond donors (Lipinski definition) is 0. The van der Waals surface area contributed by atoms with Gasteiger partial charge in [-0.1, -0.05) is 47.0 Å². The molecule has 18 heavy (non-hydrogen) atoms. The van der Waals surface area contributed by atoms with Gasteiger partial charge in [0.05, 0.1) is 5.25 Å². The molecule has 0 heterocycles. The lowest BCUT2D eigenvalue weighted by atomic mass is 10.2. The minimum Gasteiger partial charge on any atom is -0.212 e. The van der Waals surface area contributed by atoms with Crippen molar-refractivity contribution in [2.75, 3.05) is 7.05 Å². The summed E-state index contributed by atoms with van der Waals surface area (Å²) >= 11 is 3.45. The monoisotopic (exact) mass is 331 g/mol. The molecule has 0 bridgehead atoms. The Labute approximate surface area is 117 Å². The Kier molecular flexibility index (Phi) is 4.45. The predicted molar refractivity (Wildman–Crippen MR) is 76.8 cm³/mol. The molecule has 0 amide bonds. The fraction of sp³-hybridized carbons (Fsp3) is 0.538. The molecule has 0 aliphatic heterocycles. The first-order valence-electron chi connectivity index (χ1n) is 6.20. The molecule has 3 nitrogen and oxygen atoms in total. The number of sulfonamides is 1. The molecule has 0 spiro atoms. The van der Waals surface area contributed by atoms with Gasteiger partial charge in [-0.2, -0.15) is 0 Å². The summed E-state index contributed by atoms with van der Waals surface area (Å²) < 4.78 is 27.2. The van der Waals surface area contributed by atoms with Crippen molar-refractivity contribution in [1.29, 1.82) is 0 Å². The van der Waals surface area contributed by atoms with E-state index >= 15 is 0 Å². The lowest BCUT2D eigenvalue weighted by molar-refractivity contribution is 0.454. The molecular formula is C13H18BrNO2S. The Morgan fingerprint density at radius 3 is 2.50 bits per heavy atom. The van der Waals surface area contributed by atoms with Gasteiger partial charge in [-0.05, 0) is 24.5 Å². The van der Waals surface area contributed by atoms with Gasteiger partial charge >= 0.3 is 0 Å². The Morgan fingerprint density at radius 2 is 1.89 bits per heavy atom. The Morgan fingerprint density at radius 1 is 1.28 bits per heavy atom. The molecule has 0 saturated heterocycles. The highest BCUT2D eigenvalue weighted by atomic mass is 79.9. The van der Waals surface area contributed by atoms with E-state index < -0.39 is 10.0 Å². The molecule has 0 unspecified atom stereocenters. The van der Waals surface area contributed by atoms with E-state index in [0.29, 0.717) is 6.54 Å². The molecule has 2 rings (SSSR count). The smallest absolute Gasteiger partial charge is 0.212 e. The van der Waals surface area contributed by atoms with Crippen LogP contribution in [0.25, 0.3) is 0 Å². The van der Waals surface area contributed by atoms with Gasteiger partial charge in [-0.15, -0.1) is 0 Å². The molecule has 5 heteroatoms. The van der Waals surface area contributed by atoms with Crippen molar-refractivity contribution in [3.8, 4) is 0 Å². The first kappa shape index (κ1) is 14.0. The summed E-state index contributed by atoms with van der Waals surface area (Å²) in [7, 11) is -1.47. The highest BCUT2D eigenvalue weighted by Crippen LogP contribution is 2.28. The van der Waals surface area contributed by atoms with Gasteiger partial charge in [0.25, 0.3) is 0 Å². The number of rotatable bonds is 4. The number of benzene rings is 1. The van der Waals surface area contributed by atoms with Crippen LogP contribution in [0.1, 0.15) is 31.2 Å². The molecule has 1 aliphatic carbocycles. The van der Waals surface area contributed by atoms with Crippen LogP contribution >= 0.6 is 15.9 Å². The molecule has 1 fully saturated rings. The maximum absolute atomic E-state index is 12.4. The first-order chi connectivity index (χ1) is 8.51. The molecule has 1 aromatic carbocycles. The van der Waals surface area contributed by atoms with Crippen molar-refractivity contribution in [2.45, 2.75) is 37.5 Å². The Hall–Kier alpha value is -0.390. The maximum Gasteiger partial charge on any atom is 0.217 e. The minimum atomic E-state index is -3.14. The van der Waals surface area contributed by atoms with Gasteiger partial charge in [-0.25, -0.2) is 12.7 Å². The summed E-state index contributed by atoms with van der Waals surface area (Å²) in [4.78, 5) is 0. The van der Waals surface area contributed by atoms with E-state index in [1.807, 2.05) is 24.3 Å². The van der Waals surface area contributed by atoms with Crippen LogP contribution in [0.15, 0.2) is 28.7 Å². The highest BCUT2D eigenvalue weighted by molar-refractivity contribution is 9.10. The molecule has 1 aliphatic rings. The van der Waals surface area contributed by atoms with E-state index in [1.54, 1.807) is 7.05 Å². The summed E-state index contributed by atoms with van der Waals surface area (Å²) in [6.45, 7) is 0.431. The molecule has 1 saturated carbocycles. The van der Waals surface area contributed by atoms with Gasteiger partial charge in [0.2, 0.25) is 10.0 Å². The second-order valence-corrected chi connectivity index (χ2v) is 7.97. The molecule has 0 atom stereocenters. The van der Waals surface area contributed by atoms with Crippen molar-refractivity contribution in [1.82, 2.24) is 4.31 Å². The number of nitrogens with zero attached hydrogens (tertiary/aromatic N) is 1. The SMILES string of the molecule is CN(Cc1ccccc1Br)S(=O)(=O)C1CCCC1. The van der Waals surface area contributed by atoms with Crippen molar-refractivity contribution in [3.05, 3.63) is 34.3 Å². The summed E-state index contributed by atoms with van der Waals surface area (Å²) in [5, 5.41) is -0.176. The zero-order valence-electron chi connectivity index (χ0n) is 10.5. The van der Waals surface area contributed by atoms with Crippen LogP contribution in [0.3, 0.4) is 0 Å². The highest BCUT2D eigenvalue weighted by Gasteiger charge is 2.32. The normalized spacial score (nSPS) is 17.5. The van der Waals surface area contributed by atoms with E-state index in [9.17, 15) is 8.42 Å². The topological polar surface area (TPSA) is 37.4 Å². The average molecular weight is 332 g/mol. The van der Waals surface area contributed by atoms with Crippen molar-refractivity contribution < 1.29 is 8.42 Å². The molecule has 1 aromatic rings. The second kappa shape index (κ2) is 5.72. The van der Waals surface area contributed by atoms with Crippen LogP contribution in [0, 0.1) is 0 Å². The summed E-state index contributed by atoms with van der Waals surface area (Å²) in [5.41, 5.74) is 1.00. The standard InChI is InChI=1S/C13H18BrNO2S/c1-15(10-11-6-2-5-9-13(11)14)18(16,17)12-7-3-4-8-12/h2,5-6,9,12H,3-4,7-8,10H2,1H3. The lowest BCUT2D eigenvalue weighted by Gasteiger charge is -2.22. The van der Waals surface area contributed by atoms with E-state index in [-0.39, 0.29) is 5.25 Å². The Bertz CT molecular complexity index is 509. The molecule has 0 aromatic heterocycles. The van der Waals surface area contributed by atoms with E-state index in [0.717, 1.165) is 35.7 Å². The van der Waals surface area contributed by atoms with Crippen LogP contribution < -0.4 is 0 Å². The third-order valence-electron chi connectivity index (χ3n) is 3.51. The summed E-state index contributed by atoms with van der Waals surface area (Å²) in [6, 6.07) is 7.74. The Balaban J connectivity index is 2.12. The summed E-state index contributed by atoms with van der Waals surface area (Å²) in [6.07, 6.45) is 3.69. The van der Waals surface area contributed by atoms with Crippen LogP contribution in [-0.4, -0.2) is 25.0 Å². The zero-order valence-corrected chi connectivity index (χ0v) is 12.9. The van der Waals surface area contributed by atoms with Crippen LogP contribution in [0.5, 0.6) is 0 Å². The fourth-order valence-electron chi connectivity index (χ4n) is 2.40. The van der Waals surface area contributed by atoms with E-state index in [4.69, 9.17) is 0 Å². The lowest BCUT2D eigenvalue weighted by Crippen LogP contribution is -2.34. The molecular weight excluding hydrogens is 314 g/mol. The van der Waals surface area contributed by atoms with Gasteiger partial charge in [0.15, 0.2) is 0 Å². The number of hydrogen-bond acceptors (Lipinski definition) is 2. The quantitative estimate of drug-likeness (QED) is 0.849. The number of halogens is 1. The molecule has 0 radical (unpaired) electrons. The third kappa shape index (κ3) is 2.95. The van der Waals surface area contributed by atoms with Gasteiger partial charge in [0, 0.05) is 18.1 Å². The van der Waals surface area contributed by atoms with Gasteiger partial charge < -0.3 is 0 Å². The third-order valence-corrected chi connectivity index (χ3v) is 6.59. The van der Waals surface area contributed by atoms with E-state index in [2.05, 4.69) is 15.9 Å². The van der Waals surface area contributed by atoms with Crippen molar-refractivity contribution >= 4 is 26.0 Å². The first-order valence-corrected chi connectivity index (χ1v) is 8.50. The maximum atomic E-state index is 12.4. The largest absolute Gasteiger partial charge is 0.217 e. The van der Waals surface area contributed by atoms with Crippen molar-refractivity contribution in [3.63, 3.8) is 0 Å². The van der Waals surface area contributed by atoms with Crippen LogP contribution in [-0.2, 0) is 16.6 Å². The van der Waals surface area contributed by atoms with Gasteiger partial charge in [-0.3, -0.25) is 0 Å². The minimum absolute atomic E-state index is 0.176. The van der Waals surface area contributed by atoms with Crippen molar-refractivity contribution in [2.24, 2.45) is 0 Å². The van der Waals surface area contributed by atoms with Crippen LogP contribution in [0.4, 0.5) is 0 Å². The predicted octanol–water partition coefficient (Wildman–Crippen LogP) is 3.15. The molecule has 100 valence electrons. The second-order valence-electron chi connectivity index (χ2n) is 4.80. The van der Waals surface area contributed by atoms with E-state index in [1.165, 1.54) is 4.31 Å². The zero-order chi connectivity index (χ0) is 13.2. The van der Waals surface area contributed by atoms with Crippen LogP contribution in [0.2, 0.25) is 0 Å². The van der Waals surface area contributed by atoms with Gasteiger partial charge in [0.1, 0.15) is 0 Å². The fourth-order valence-corrected chi connectivity index (χ4v) is 4.56.